The van der Waals surface area contributed by atoms with Crippen LogP contribution in [-0.4, -0.2) is 21.9 Å². The highest BCUT2D eigenvalue weighted by Gasteiger charge is 2.08. The molecule has 6 heteroatoms. The van der Waals surface area contributed by atoms with Gasteiger partial charge in [-0.25, -0.2) is 4.98 Å². The maximum atomic E-state index is 10.9. The first-order valence-corrected chi connectivity index (χ1v) is 4.93. The average Bonchev–Trinajstić information content (AvgIpc) is 2.08. The van der Waals surface area contributed by atoms with Crippen molar-refractivity contribution in [2.75, 3.05) is 10.6 Å². The number of amides is 1. The summed E-state index contributed by atoms with van der Waals surface area (Å²) in [6, 6.07) is 0.198. The highest BCUT2D eigenvalue weighted by molar-refractivity contribution is 6.28. The first-order valence-electron chi connectivity index (χ1n) is 4.55. The van der Waals surface area contributed by atoms with E-state index in [1.165, 1.54) is 13.1 Å². The standard InChI is InChI=1S/C9H13ClN4O/c1-5(2)12-8-7(13-6(3)15)4-11-9(10)14-8/h4-5H,1-3H3,(H,13,15)(H,11,12,14). The number of halogens is 1. The fraction of sp³-hybridized carbons (Fsp3) is 0.444. The van der Waals surface area contributed by atoms with Crippen LogP contribution in [0.15, 0.2) is 6.20 Å². The molecule has 1 amide bonds. The number of rotatable bonds is 3. The Kier molecular flexibility index (Phi) is 3.85. The third-order valence-electron chi connectivity index (χ3n) is 1.50. The molecule has 0 aliphatic heterocycles. The first-order chi connectivity index (χ1) is 6.99. The van der Waals surface area contributed by atoms with Gasteiger partial charge in [-0.15, -0.1) is 0 Å². The lowest BCUT2D eigenvalue weighted by molar-refractivity contribution is -0.114. The highest BCUT2D eigenvalue weighted by atomic mass is 35.5. The van der Waals surface area contributed by atoms with Gasteiger partial charge in [-0.05, 0) is 25.4 Å². The Bertz CT molecular complexity index is 367. The largest absolute Gasteiger partial charge is 0.366 e. The molecule has 0 aliphatic rings. The van der Waals surface area contributed by atoms with Gasteiger partial charge in [0, 0.05) is 13.0 Å². The molecule has 0 aliphatic carbocycles. The van der Waals surface area contributed by atoms with Crippen molar-refractivity contribution in [3.63, 3.8) is 0 Å². The number of anilines is 2. The van der Waals surface area contributed by atoms with Crippen LogP contribution in [0.5, 0.6) is 0 Å². The molecular weight excluding hydrogens is 216 g/mol. The van der Waals surface area contributed by atoms with Gasteiger partial charge >= 0.3 is 0 Å². The zero-order chi connectivity index (χ0) is 11.4. The summed E-state index contributed by atoms with van der Waals surface area (Å²) >= 11 is 5.66. The van der Waals surface area contributed by atoms with E-state index >= 15 is 0 Å². The highest BCUT2D eigenvalue weighted by Crippen LogP contribution is 2.20. The molecule has 2 N–H and O–H groups in total. The van der Waals surface area contributed by atoms with Crippen molar-refractivity contribution in [3.05, 3.63) is 11.5 Å². The molecule has 1 heterocycles. The molecule has 0 saturated carbocycles. The minimum absolute atomic E-state index is 0.146. The van der Waals surface area contributed by atoms with Crippen LogP contribution in [0.1, 0.15) is 20.8 Å². The topological polar surface area (TPSA) is 66.9 Å². The van der Waals surface area contributed by atoms with Crippen molar-refractivity contribution < 1.29 is 4.79 Å². The fourth-order valence-corrected chi connectivity index (χ4v) is 1.16. The summed E-state index contributed by atoms with van der Waals surface area (Å²) in [5, 5.41) is 5.84. The van der Waals surface area contributed by atoms with Gasteiger partial charge in [0.15, 0.2) is 5.82 Å². The second-order valence-corrected chi connectivity index (χ2v) is 3.72. The Labute approximate surface area is 93.3 Å². The number of carbonyl (C=O) groups excluding carboxylic acids is 1. The van der Waals surface area contributed by atoms with E-state index in [2.05, 4.69) is 20.6 Å². The van der Waals surface area contributed by atoms with Gasteiger partial charge in [-0.2, -0.15) is 4.98 Å². The van der Waals surface area contributed by atoms with Gasteiger partial charge < -0.3 is 10.6 Å². The molecular formula is C9H13ClN4O. The molecule has 1 aromatic heterocycles. The number of nitrogens with one attached hydrogen (secondary N) is 2. The van der Waals surface area contributed by atoms with Gasteiger partial charge in [0.2, 0.25) is 11.2 Å². The molecule has 1 aromatic rings. The molecule has 0 atom stereocenters. The van der Waals surface area contributed by atoms with Crippen molar-refractivity contribution in [1.82, 2.24) is 9.97 Å². The molecule has 0 bridgehead atoms. The molecule has 0 aromatic carbocycles. The van der Waals surface area contributed by atoms with Crippen LogP contribution in [0, 0.1) is 0 Å². The predicted molar refractivity (Wildman–Crippen MR) is 60.1 cm³/mol. The van der Waals surface area contributed by atoms with E-state index in [0.29, 0.717) is 11.5 Å². The molecule has 1 rings (SSSR count). The minimum Gasteiger partial charge on any atom is -0.366 e. The molecule has 0 unspecified atom stereocenters. The lowest BCUT2D eigenvalue weighted by atomic mass is 10.3. The summed E-state index contributed by atoms with van der Waals surface area (Å²) in [7, 11) is 0. The van der Waals surface area contributed by atoms with E-state index in [4.69, 9.17) is 11.6 Å². The van der Waals surface area contributed by atoms with Gasteiger partial charge in [-0.3, -0.25) is 4.79 Å². The summed E-state index contributed by atoms with van der Waals surface area (Å²) in [6.07, 6.45) is 1.47. The third-order valence-corrected chi connectivity index (χ3v) is 1.68. The average molecular weight is 229 g/mol. The van der Waals surface area contributed by atoms with Gasteiger partial charge in [-0.1, -0.05) is 0 Å². The molecule has 0 radical (unpaired) electrons. The van der Waals surface area contributed by atoms with Crippen molar-refractivity contribution in [1.29, 1.82) is 0 Å². The van der Waals surface area contributed by atoms with Crippen LogP contribution in [0.2, 0.25) is 5.28 Å². The lowest BCUT2D eigenvalue weighted by Crippen LogP contribution is -2.15. The number of aromatic nitrogens is 2. The summed E-state index contributed by atoms with van der Waals surface area (Å²) < 4.78 is 0. The lowest BCUT2D eigenvalue weighted by Gasteiger charge is -2.13. The van der Waals surface area contributed by atoms with Gasteiger partial charge in [0.05, 0.1) is 6.20 Å². The molecule has 15 heavy (non-hydrogen) atoms. The van der Waals surface area contributed by atoms with E-state index in [9.17, 15) is 4.79 Å². The number of carbonyl (C=O) groups is 1. The Morgan fingerprint density at radius 3 is 2.73 bits per heavy atom. The van der Waals surface area contributed by atoms with Crippen molar-refractivity contribution in [2.24, 2.45) is 0 Å². The summed E-state index contributed by atoms with van der Waals surface area (Å²) in [6.45, 7) is 5.36. The minimum atomic E-state index is -0.173. The Morgan fingerprint density at radius 2 is 2.20 bits per heavy atom. The summed E-state index contributed by atoms with van der Waals surface area (Å²) in [5.74, 6) is 0.355. The van der Waals surface area contributed by atoms with Crippen LogP contribution >= 0.6 is 11.6 Å². The Morgan fingerprint density at radius 1 is 1.53 bits per heavy atom. The number of nitrogens with zero attached hydrogens (tertiary/aromatic N) is 2. The molecule has 82 valence electrons. The van der Waals surface area contributed by atoms with E-state index in [1.807, 2.05) is 13.8 Å². The Hall–Kier alpha value is -1.36. The maximum absolute atomic E-state index is 10.9. The Balaban J connectivity index is 2.97. The molecule has 0 spiro atoms. The smallest absolute Gasteiger partial charge is 0.224 e. The quantitative estimate of drug-likeness (QED) is 0.776. The van der Waals surface area contributed by atoms with Crippen molar-refractivity contribution >= 4 is 29.0 Å². The SMILES string of the molecule is CC(=O)Nc1cnc(Cl)nc1NC(C)C. The van der Waals surface area contributed by atoms with Crippen molar-refractivity contribution in [3.8, 4) is 0 Å². The van der Waals surface area contributed by atoms with Gasteiger partial charge in [0.1, 0.15) is 5.69 Å². The van der Waals surface area contributed by atoms with Crippen LogP contribution in [0.25, 0.3) is 0 Å². The molecule has 5 nitrogen and oxygen atoms in total. The maximum Gasteiger partial charge on any atom is 0.224 e. The number of hydrogen-bond donors (Lipinski definition) is 2. The zero-order valence-electron chi connectivity index (χ0n) is 8.84. The first kappa shape index (κ1) is 11.7. The summed E-state index contributed by atoms with van der Waals surface area (Å²) in [4.78, 5) is 18.7. The number of hydrogen-bond acceptors (Lipinski definition) is 4. The van der Waals surface area contributed by atoms with E-state index < -0.39 is 0 Å². The second-order valence-electron chi connectivity index (χ2n) is 3.38. The molecule has 0 saturated heterocycles. The van der Waals surface area contributed by atoms with E-state index in [0.717, 1.165) is 0 Å². The second kappa shape index (κ2) is 4.93. The summed E-state index contributed by atoms with van der Waals surface area (Å²) in [5.41, 5.74) is 0.528. The van der Waals surface area contributed by atoms with Crippen molar-refractivity contribution in [2.45, 2.75) is 26.8 Å². The normalized spacial score (nSPS) is 10.2. The third kappa shape index (κ3) is 3.71. The van der Waals surface area contributed by atoms with Crippen LogP contribution in [0.3, 0.4) is 0 Å². The fourth-order valence-electron chi connectivity index (χ4n) is 1.02. The predicted octanol–water partition coefficient (Wildman–Crippen LogP) is 1.91. The van der Waals surface area contributed by atoms with Crippen LogP contribution in [-0.2, 0) is 4.79 Å². The van der Waals surface area contributed by atoms with Crippen LogP contribution < -0.4 is 10.6 Å². The van der Waals surface area contributed by atoms with Gasteiger partial charge in [0.25, 0.3) is 0 Å². The zero-order valence-corrected chi connectivity index (χ0v) is 9.59. The van der Waals surface area contributed by atoms with E-state index in [1.54, 1.807) is 0 Å². The van der Waals surface area contributed by atoms with Crippen LogP contribution in [0.4, 0.5) is 11.5 Å². The monoisotopic (exact) mass is 228 g/mol. The van der Waals surface area contributed by atoms with E-state index in [-0.39, 0.29) is 17.2 Å². The molecule has 0 fully saturated rings.